The summed E-state index contributed by atoms with van der Waals surface area (Å²) in [5, 5.41) is 8.87. The highest BCUT2D eigenvalue weighted by Gasteiger charge is 2.40. The van der Waals surface area contributed by atoms with Crippen LogP contribution in [0.3, 0.4) is 0 Å². The molecule has 1 aliphatic rings. The van der Waals surface area contributed by atoms with Crippen LogP contribution in [0.5, 0.6) is 0 Å². The maximum Gasteiger partial charge on any atom is 0.415 e. The monoisotopic (exact) mass is 225 g/mol. The first-order valence-electron chi connectivity index (χ1n) is 4.89. The molecule has 6 heteroatoms. The largest absolute Gasteiger partial charge is 0.415 e. The number of halogens is 3. The Morgan fingerprint density at radius 1 is 1.47 bits per heavy atom. The van der Waals surface area contributed by atoms with Gasteiger partial charge in [0.1, 0.15) is 6.29 Å². The summed E-state index contributed by atoms with van der Waals surface area (Å²) in [4.78, 5) is 12.0. The number of likely N-dealkylation sites (tertiary alicyclic amines) is 1. The fraction of sp³-hybridized carbons (Fsp3) is 0.889. The minimum Gasteiger partial charge on any atom is -0.382 e. The highest BCUT2D eigenvalue weighted by Crippen LogP contribution is 2.23. The van der Waals surface area contributed by atoms with Crippen molar-refractivity contribution in [2.24, 2.45) is 0 Å². The Morgan fingerprint density at radius 2 is 2.13 bits per heavy atom. The Morgan fingerprint density at radius 3 is 2.67 bits per heavy atom. The van der Waals surface area contributed by atoms with Crippen molar-refractivity contribution in [1.82, 2.24) is 4.90 Å². The molecule has 0 aliphatic carbocycles. The molecule has 88 valence electrons. The summed E-state index contributed by atoms with van der Waals surface area (Å²) in [6, 6.07) is -0.476. The van der Waals surface area contributed by atoms with Crippen LogP contribution in [0.1, 0.15) is 19.3 Å². The molecule has 0 aromatic carbocycles. The quantitative estimate of drug-likeness (QED) is 0.727. The highest BCUT2D eigenvalue weighted by atomic mass is 19.4. The van der Waals surface area contributed by atoms with Gasteiger partial charge in [-0.15, -0.1) is 0 Å². The molecule has 1 saturated heterocycles. The number of nitrogens with zero attached hydrogens (tertiary/aromatic N) is 1. The number of aliphatic hydroxyl groups is 1. The van der Waals surface area contributed by atoms with Gasteiger partial charge < -0.3 is 9.90 Å². The van der Waals surface area contributed by atoms with Gasteiger partial charge in [-0.3, -0.25) is 4.90 Å². The first-order chi connectivity index (χ1) is 6.95. The van der Waals surface area contributed by atoms with E-state index in [0.717, 1.165) is 12.8 Å². The third-order valence-electron chi connectivity index (χ3n) is 2.61. The third kappa shape index (κ3) is 3.46. The van der Waals surface area contributed by atoms with Crippen molar-refractivity contribution < 1.29 is 23.1 Å². The van der Waals surface area contributed by atoms with E-state index in [0.29, 0.717) is 19.3 Å². The molecule has 0 amide bonds. The number of piperidine rings is 1. The van der Waals surface area contributed by atoms with Crippen molar-refractivity contribution in [3.05, 3.63) is 0 Å². The van der Waals surface area contributed by atoms with Crippen molar-refractivity contribution in [3.63, 3.8) is 0 Å². The van der Waals surface area contributed by atoms with Crippen molar-refractivity contribution in [2.75, 3.05) is 13.1 Å². The van der Waals surface area contributed by atoms with Crippen molar-refractivity contribution >= 4 is 6.29 Å². The Hall–Kier alpha value is -0.620. The fourth-order valence-corrected chi connectivity index (χ4v) is 1.72. The average molecular weight is 225 g/mol. The Kier molecular flexibility index (Phi) is 4.10. The summed E-state index contributed by atoms with van der Waals surface area (Å²) in [7, 11) is 0. The molecule has 0 aromatic heterocycles. The molecule has 1 N–H and O–H groups in total. The van der Waals surface area contributed by atoms with Gasteiger partial charge in [0, 0.05) is 6.54 Å². The number of carbonyl (C=O) groups excluding carboxylic acids is 1. The molecular formula is C9H14F3NO2. The predicted molar refractivity (Wildman–Crippen MR) is 47.3 cm³/mol. The molecule has 3 nitrogen and oxygen atoms in total. The first-order valence-corrected chi connectivity index (χ1v) is 4.89. The average Bonchev–Trinajstić information content (AvgIpc) is 2.17. The summed E-state index contributed by atoms with van der Waals surface area (Å²) >= 11 is 0. The topological polar surface area (TPSA) is 40.5 Å². The first kappa shape index (κ1) is 12.4. The zero-order valence-corrected chi connectivity index (χ0v) is 8.20. The second kappa shape index (κ2) is 4.94. The SMILES string of the molecule is O=CC1CCCCN1CC(O)C(F)(F)F. The smallest absolute Gasteiger partial charge is 0.382 e. The van der Waals surface area contributed by atoms with Crippen LogP contribution in [-0.4, -0.2) is 47.7 Å². The van der Waals surface area contributed by atoms with Crippen LogP contribution in [-0.2, 0) is 4.79 Å². The van der Waals surface area contributed by atoms with Gasteiger partial charge in [-0.05, 0) is 19.4 Å². The predicted octanol–water partition coefficient (Wildman–Crippen LogP) is 0.963. The number of β-amino-alcohol motifs (C(OH)–C–C–N with tert-alkyl or cyclic N) is 1. The second-order valence-corrected chi connectivity index (χ2v) is 3.75. The summed E-state index contributed by atoms with van der Waals surface area (Å²) < 4.78 is 36.2. The van der Waals surface area contributed by atoms with Gasteiger partial charge in [-0.2, -0.15) is 13.2 Å². The highest BCUT2D eigenvalue weighted by molar-refractivity contribution is 5.57. The van der Waals surface area contributed by atoms with E-state index in [4.69, 9.17) is 5.11 Å². The molecule has 1 fully saturated rings. The lowest BCUT2D eigenvalue weighted by atomic mass is 10.0. The minimum absolute atomic E-state index is 0.441. The lowest BCUT2D eigenvalue weighted by molar-refractivity contribution is -0.209. The number of aldehydes is 1. The molecule has 15 heavy (non-hydrogen) atoms. The van der Waals surface area contributed by atoms with Crippen LogP contribution >= 0.6 is 0 Å². The van der Waals surface area contributed by atoms with Gasteiger partial charge in [0.05, 0.1) is 6.04 Å². The molecule has 0 saturated carbocycles. The maximum absolute atomic E-state index is 12.1. The lowest BCUT2D eigenvalue weighted by Crippen LogP contribution is -2.48. The fourth-order valence-electron chi connectivity index (χ4n) is 1.72. The van der Waals surface area contributed by atoms with Crippen LogP contribution in [0.15, 0.2) is 0 Å². The number of alkyl halides is 3. The van der Waals surface area contributed by atoms with E-state index >= 15 is 0 Å². The summed E-state index contributed by atoms with van der Waals surface area (Å²) in [6.45, 7) is -0.0660. The normalized spacial score (nSPS) is 26.3. The summed E-state index contributed by atoms with van der Waals surface area (Å²) in [6.07, 6.45) is -4.11. The number of aliphatic hydroxyl groups excluding tert-OH is 1. The van der Waals surface area contributed by atoms with E-state index in [2.05, 4.69) is 0 Å². The Labute approximate surface area is 85.9 Å². The Balaban J connectivity index is 2.51. The molecule has 2 atom stereocenters. The summed E-state index contributed by atoms with van der Waals surface area (Å²) in [5.74, 6) is 0. The van der Waals surface area contributed by atoms with E-state index in [-0.39, 0.29) is 0 Å². The molecule has 2 unspecified atom stereocenters. The van der Waals surface area contributed by atoms with Crippen LogP contribution in [0.2, 0.25) is 0 Å². The second-order valence-electron chi connectivity index (χ2n) is 3.75. The number of hydrogen-bond donors (Lipinski definition) is 1. The number of hydrogen-bond acceptors (Lipinski definition) is 3. The van der Waals surface area contributed by atoms with E-state index in [1.807, 2.05) is 0 Å². The van der Waals surface area contributed by atoms with E-state index in [1.165, 1.54) is 4.90 Å². The van der Waals surface area contributed by atoms with Gasteiger partial charge in [0.15, 0.2) is 6.10 Å². The number of carbonyl (C=O) groups is 1. The van der Waals surface area contributed by atoms with Crippen LogP contribution < -0.4 is 0 Å². The van der Waals surface area contributed by atoms with Gasteiger partial charge in [0.25, 0.3) is 0 Å². The van der Waals surface area contributed by atoms with Crippen LogP contribution in [0.25, 0.3) is 0 Å². The number of rotatable bonds is 3. The van der Waals surface area contributed by atoms with E-state index in [9.17, 15) is 18.0 Å². The van der Waals surface area contributed by atoms with Gasteiger partial charge in [-0.25, -0.2) is 0 Å². The molecule has 1 rings (SSSR count). The van der Waals surface area contributed by atoms with Crippen molar-refractivity contribution in [1.29, 1.82) is 0 Å². The molecule has 1 aliphatic heterocycles. The van der Waals surface area contributed by atoms with Crippen LogP contribution in [0, 0.1) is 0 Å². The van der Waals surface area contributed by atoms with Crippen molar-refractivity contribution in [3.8, 4) is 0 Å². The zero-order valence-electron chi connectivity index (χ0n) is 8.20. The lowest BCUT2D eigenvalue weighted by Gasteiger charge is -2.33. The molecule has 0 bridgehead atoms. The van der Waals surface area contributed by atoms with Gasteiger partial charge in [-0.1, -0.05) is 6.42 Å². The molecule has 0 aromatic rings. The molecular weight excluding hydrogens is 211 g/mol. The van der Waals surface area contributed by atoms with Gasteiger partial charge in [0.2, 0.25) is 0 Å². The molecule has 0 spiro atoms. The third-order valence-corrected chi connectivity index (χ3v) is 2.61. The van der Waals surface area contributed by atoms with Crippen LogP contribution in [0.4, 0.5) is 13.2 Å². The zero-order chi connectivity index (χ0) is 11.5. The van der Waals surface area contributed by atoms with E-state index < -0.39 is 24.9 Å². The minimum atomic E-state index is -4.61. The van der Waals surface area contributed by atoms with E-state index in [1.54, 1.807) is 0 Å². The van der Waals surface area contributed by atoms with Gasteiger partial charge >= 0.3 is 6.18 Å². The standard InChI is InChI=1S/C9H14F3NO2/c10-9(11,12)8(15)5-13-4-2-1-3-7(13)6-14/h6-8,15H,1-5H2. The molecule has 0 radical (unpaired) electrons. The van der Waals surface area contributed by atoms with Crippen molar-refractivity contribution in [2.45, 2.75) is 37.6 Å². The summed E-state index contributed by atoms with van der Waals surface area (Å²) in [5.41, 5.74) is 0. The molecule has 1 heterocycles. The Bertz CT molecular complexity index is 220. The maximum atomic E-state index is 12.1.